The second-order valence-electron chi connectivity index (χ2n) is 4.50. The Kier molecular flexibility index (Phi) is 2.80. The maximum Gasteiger partial charge on any atom is 0.247 e. The van der Waals surface area contributed by atoms with Crippen LogP contribution in [-0.4, -0.2) is 54.7 Å². The molecule has 0 aromatic heterocycles. The molecule has 2 aliphatic rings. The minimum Gasteiger partial charge on any atom is -0.353 e. The highest BCUT2D eigenvalue weighted by Crippen LogP contribution is 2.31. The van der Waals surface area contributed by atoms with Crippen LogP contribution >= 0.6 is 0 Å². The largest absolute Gasteiger partial charge is 0.353 e. The number of hydrogen-bond acceptors (Lipinski definition) is 3. The zero-order chi connectivity index (χ0) is 10.9. The molecule has 0 N–H and O–H groups in total. The fourth-order valence-corrected chi connectivity index (χ4v) is 2.25. The third-order valence-electron chi connectivity index (χ3n) is 3.39. The summed E-state index contributed by atoms with van der Waals surface area (Å²) in [4.78, 5) is 15.5. The topological polar surface area (TPSA) is 32.8 Å². The first-order valence-corrected chi connectivity index (χ1v) is 5.39. The molecule has 84 valence electrons. The number of nitrogens with zero attached hydrogens (tertiary/aromatic N) is 2. The number of amides is 1. The standard InChI is InChI=1S/C11H18N2O2/c1-3-10(14)13-8-11(15-9-13)4-6-12(2)7-5-11/h3H,1,4-9H2,2H3. The van der Waals surface area contributed by atoms with Gasteiger partial charge in [0, 0.05) is 13.1 Å². The van der Waals surface area contributed by atoms with Crippen molar-refractivity contribution in [2.45, 2.75) is 18.4 Å². The summed E-state index contributed by atoms with van der Waals surface area (Å²) in [6.07, 6.45) is 3.40. The molecule has 0 unspecified atom stereocenters. The molecule has 1 amide bonds. The van der Waals surface area contributed by atoms with Crippen LogP contribution in [-0.2, 0) is 9.53 Å². The van der Waals surface area contributed by atoms with Crippen molar-refractivity contribution in [3.8, 4) is 0 Å². The predicted octanol–water partition coefficient (Wildman–Crippen LogP) is 0.453. The molecular weight excluding hydrogens is 192 g/mol. The number of ether oxygens (including phenoxy) is 1. The third-order valence-corrected chi connectivity index (χ3v) is 3.39. The van der Waals surface area contributed by atoms with E-state index in [0.29, 0.717) is 6.73 Å². The van der Waals surface area contributed by atoms with Crippen molar-refractivity contribution in [3.05, 3.63) is 12.7 Å². The Hall–Kier alpha value is -0.870. The van der Waals surface area contributed by atoms with Gasteiger partial charge in [-0.15, -0.1) is 0 Å². The van der Waals surface area contributed by atoms with Crippen molar-refractivity contribution in [1.82, 2.24) is 9.80 Å². The molecule has 2 saturated heterocycles. The van der Waals surface area contributed by atoms with Gasteiger partial charge in [0.15, 0.2) is 0 Å². The van der Waals surface area contributed by atoms with Gasteiger partial charge >= 0.3 is 0 Å². The molecule has 0 aromatic rings. The van der Waals surface area contributed by atoms with E-state index in [1.807, 2.05) is 0 Å². The van der Waals surface area contributed by atoms with Gasteiger partial charge in [-0.05, 0) is 26.0 Å². The van der Waals surface area contributed by atoms with Crippen LogP contribution < -0.4 is 0 Å². The summed E-state index contributed by atoms with van der Waals surface area (Å²) in [7, 11) is 2.12. The van der Waals surface area contributed by atoms with Gasteiger partial charge in [-0.3, -0.25) is 4.79 Å². The Bertz CT molecular complexity index is 270. The molecule has 0 atom stereocenters. The van der Waals surface area contributed by atoms with Gasteiger partial charge in [-0.1, -0.05) is 6.58 Å². The summed E-state index contributed by atoms with van der Waals surface area (Å²) < 4.78 is 5.80. The zero-order valence-electron chi connectivity index (χ0n) is 9.24. The van der Waals surface area contributed by atoms with Crippen LogP contribution in [0, 0.1) is 0 Å². The Balaban J connectivity index is 1.96. The zero-order valence-corrected chi connectivity index (χ0v) is 9.24. The van der Waals surface area contributed by atoms with E-state index in [-0.39, 0.29) is 11.5 Å². The summed E-state index contributed by atoms with van der Waals surface area (Å²) >= 11 is 0. The molecule has 0 bridgehead atoms. The fourth-order valence-electron chi connectivity index (χ4n) is 2.25. The Labute approximate surface area is 90.5 Å². The quantitative estimate of drug-likeness (QED) is 0.589. The fraction of sp³-hybridized carbons (Fsp3) is 0.727. The molecule has 2 aliphatic heterocycles. The number of carbonyl (C=O) groups excluding carboxylic acids is 1. The van der Waals surface area contributed by atoms with Crippen molar-refractivity contribution in [2.75, 3.05) is 33.4 Å². The van der Waals surface area contributed by atoms with Gasteiger partial charge in [0.05, 0.1) is 12.1 Å². The van der Waals surface area contributed by atoms with E-state index >= 15 is 0 Å². The van der Waals surface area contributed by atoms with E-state index in [1.54, 1.807) is 4.90 Å². The van der Waals surface area contributed by atoms with Crippen LogP contribution in [0.2, 0.25) is 0 Å². The smallest absolute Gasteiger partial charge is 0.247 e. The van der Waals surface area contributed by atoms with Crippen LogP contribution in [0.5, 0.6) is 0 Å². The number of likely N-dealkylation sites (tertiary alicyclic amines) is 1. The van der Waals surface area contributed by atoms with Crippen LogP contribution in [0.25, 0.3) is 0 Å². The van der Waals surface area contributed by atoms with Gasteiger partial charge in [0.1, 0.15) is 6.73 Å². The lowest BCUT2D eigenvalue weighted by atomic mass is 9.91. The number of rotatable bonds is 1. The first-order valence-electron chi connectivity index (χ1n) is 5.39. The van der Waals surface area contributed by atoms with E-state index in [1.165, 1.54) is 6.08 Å². The highest BCUT2D eigenvalue weighted by Gasteiger charge is 2.42. The highest BCUT2D eigenvalue weighted by molar-refractivity contribution is 5.87. The van der Waals surface area contributed by atoms with Crippen LogP contribution in [0.1, 0.15) is 12.8 Å². The summed E-state index contributed by atoms with van der Waals surface area (Å²) in [5.41, 5.74) is -0.0782. The normalized spacial score (nSPS) is 25.8. The Morgan fingerprint density at radius 3 is 2.73 bits per heavy atom. The van der Waals surface area contributed by atoms with Gasteiger partial charge in [0.25, 0.3) is 0 Å². The van der Waals surface area contributed by atoms with Gasteiger partial charge in [-0.25, -0.2) is 0 Å². The molecular formula is C11H18N2O2. The van der Waals surface area contributed by atoms with Crippen molar-refractivity contribution in [2.24, 2.45) is 0 Å². The molecule has 2 rings (SSSR count). The molecule has 0 saturated carbocycles. The van der Waals surface area contributed by atoms with E-state index in [2.05, 4.69) is 18.5 Å². The second-order valence-corrected chi connectivity index (χ2v) is 4.50. The Morgan fingerprint density at radius 1 is 1.47 bits per heavy atom. The van der Waals surface area contributed by atoms with Crippen molar-refractivity contribution < 1.29 is 9.53 Å². The summed E-state index contributed by atoms with van der Waals surface area (Å²) in [6, 6.07) is 0. The summed E-state index contributed by atoms with van der Waals surface area (Å²) in [6.45, 7) is 6.75. The lowest BCUT2D eigenvalue weighted by molar-refractivity contribution is -0.126. The molecule has 4 heteroatoms. The molecule has 2 heterocycles. The van der Waals surface area contributed by atoms with E-state index in [4.69, 9.17) is 4.74 Å². The average Bonchev–Trinajstić information content (AvgIpc) is 2.66. The number of piperidine rings is 1. The van der Waals surface area contributed by atoms with Gasteiger partial charge in [-0.2, -0.15) is 0 Å². The van der Waals surface area contributed by atoms with E-state index in [9.17, 15) is 4.79 Å². The van der Waals surface area contributed by atoms with E-state index in [0.717, 1.165) is 32.5 Å². The van der Waals surface area contributed by atoms with Crippen molar-refractivity contribution in [1.29, 1.82) is 0 Å². The molecule has 1 spiro atoms. The lowest BCUT2D eigenvalue weighted by Crippen LogP contribution is -2.45. The first kappa shape index (κ1) is 10.6. The molecule has 4 nitrogen and oxygen atoms in total. The van der Waals surface area contributed by atoms with Gasteiger partial charge in [0.2, 0.25) is 5.91 Å². The van der Waals surface area contributed by atoms with Crippen molar-refractivity contribution >= 4 is 5.91 Å². The molecule has 0 radical (unpaired) electrons. The highest BCUT2D eigenvalue weighted by atomic mass is 16.5. The maximum absolute atomic E-state index is 11.4. The van der Waals surface area contributed by atoms with Crippen LogP contribution in [0.15, 0.2) is 12.7 Å². The van der Waals surface area contributed by atoms with Crippen molar-refractivity contribution in [3.63, 3.8) is 0 Å². The second kappa shape index (κ2) is 3.94. The third kappa shape index (κ3) is 2.06. The maximum atomic E-state index is 11.4. The Morgan fingerprint density at radius 2 is 2.13 bits per heavy atom. The van der Waals surface area contributed by atoms with Crippen LogP contribution in [0.3, 0.4) is 0 Å². The monoisotopic (exact) mass is 210 g/mol. The molecule has 15 heavy (non-hydrogen) atoms. The lowest BCUT2D eigenvalue weighted by Gasteiger charge is -2.36. The number of hydrogen-bond donors (Lipinski definition) is 0. The number of carbonyl (C=O) groups is 1. The molecule has 0 aliphatic carbocycles. The average molecular weight is 210 g/mol. The molecule has 2 fully saturated rings. The molecule has 0 aromatic carbocycles. The summed E-state index contributed by atoms with van der Waals surface area (Å²) in [5, 5.41) is 0. The van der Waals surface area contributed by atoms with E-state index < -0.39 is 0 Å². The van der Waals surface area contributed by atoms with Crippen LogP contribution in [0.4, 0.5) is 0 Å². The van der Waals surface area contributed by atoms with Gasteiger partial charge < -0.3 is 14.5 Å². The minimum atomic E-state index is -0.0782. The minimum absolute atomic E-state index is 0.0224. The predicted molar refractivity (Wildman–Crippen MR) is 57.3 cm³/mol. The summed E-state index contributed by atoms with van der Waals surface area (Å²) in [5.74, 6) is -0.0224. The first-order chi connectivity index (χ1) is 7.15. The SMILES string of the molecule is C=CC(=O)N1COC2(CCN(C)CC2)C1.